The van der Waals surface area contributed by atoms with Crippen molar-refractivity contribution >= 4 is 82.9 Å². The molecule has 570 valence electrons. The summed E-state index contributed by atoms with van der Waals surface area (Å²) in [5, 5.41) is 10.9. The molecule has 1 saturated heterocycles. The van der Waals surface area contributed by atoms with Crippen molar-refractivity contribution in [3.05, 3.63) is 12.2 Å². The Morgan fingerprint density at radius 2 is 0.940 bits per heavy atom. The van der Waals surface area contributed by atoms with E-state index in [1.165, 1.54) is 82.8 Å². The van der Waals surface area contributed by atoms with Crippen LogP contribution in [0.5, 0.6) is 0 Å². The highest BCUT2D eigenvalue weighted by Crippen LogP contribution is 2.27. The second-order valence-corrected chi connectivity index (χ2v) is 29.3. The van der Waals surface area contributed by atoms with Crippen molar-refractivity contribution in [2.75, 3.05) is 75.7 Å². The number of esters is 3. The van der Waals surface area contributed by atoms with Gasteiger partial charge in [0.2, 0.25) is 65.0 Å². The summed E-state index contributed by atoms with van der Waals surface area (Å²) in [7, 11) is 9.51. The van der Waals surface area contributed by atoms with Crippen LogP contribution < -0.4 is 21.3 Å². The zero-order valence-corrected chi connectivity index (χ0v) is 64.7. The highest BCUT2D eigenvalue weighted by molar-refractivity contribution is 6.00. The zero-order chi connectivity index (χ0) is 77.2. The van der Waals surface area contributed by atoms with Gasteiger partial charge in [0.15, 0.2) is 0 Å². The minimum Gasteiger partial charge on any atom is -0.462 e. The fourth-order valence-corrected chi connectivity index (χ4v) is 11.8. The summed E-state index contributed by atoms with van der Waals surface area (Å²) < 4.78 is 22.0. The molecule has 1 fully saturated rings. The van der Waals surface area contributed by atoms with Crippen LogP contribution in [0.2, 0.25) is 0 Å². The smallest absolute Gasteiger partial charge is 0.332 e. The van der Waals surface area contributed by atoms with Crippen molar-refractivity contribution in [3.63, 3.8) is 0 Å². The van der Waals surface area contributed by atoms with Gasteiger partial charge < -0.3 is 74.5 Å². The fraction of sp³-hybridized carbons (Fsp3) is 0.775. The van der Waals surface area contributed by atoms with Crippen LogP contribution in [0.3, 0.4) is 0 Å². The van der Waals surface area contributed by atoms with Gasteiger partial charge in [-0.05, 0) is 101 Å². The molecule has 0 unspecified atom stereocenters. The van der Waals surface area contributed by atoms with Crippen LogP contribution in [0.1, 0.15) is 170 Å². The first kappa shape index (κ1) is 90.3. The van der Waals surface area contributed by atoms with Crippen molar-refractivity contribution < 1.29 is 86.1 Å². The van der Waals surface area contributed by atoms with E-state index in [1.54, 1.807) is 67.5 Å². The first-order valence-corrected chi connectivity index (χ1v) is 35.0. The molecule has 0 saturated carbocycles. The molecule has 0 radical (unpaired) electrons. The number of allylic oxidation sites excluding steroid dienone is 1. The molecule has 0 bridgehead atoms. The summed E-state index contributed by atoms with van der Waals surface area (Å²) in [4.78, 5) is 210. The first-order valence-electron chi connectivity index (χ1n) is 35.0. The quantitative estimate of drug-likeness (QED) is 0.0647. The molecule has 29 heteroatoms. The third-order valence-electron chi connectivity index (χ3n) is 17.4. The molecule has 1 aliphatic rings. The Bertz CT molecular complexity index is 2830. The molecule has 29 nitrogen and oxygen atoms in total. The summed E-state index contributed by atoms with van der Waals surface area (Å²) in [6, 6.07) is -13.9. The number of likely N-dealkylation sites (N-methyl/N-ethyl adjacent to an activating group) is 7. The molecular formula is C71H123N11O18. The number of hydrogen-bond donors (Lipinski definition) is 4. The van der Waals surface area contributed by atoms with Gasteiger partial charge in [0, 0.05) is 63.2 Å². The van der Waals surface area contributed by atoms with Gasteiger partial charge in [0.25, 0.3) is 0 Å². The molecule has 0 aliphatic carbocycles. The SMILES string of the molecule is CC[C@@H]1NC(=O)[C@H]([C@H](OC(C)=O)[C@H](C)C/C=C/COC(C)=O)N(C)C(=O)[C@H](C(C)C)N(C)C(=O)[C@H](CC(C)C)N(C)C(=O)[C@H](CC(C)C)N(C)C(=O)[C@@H](COCC(=O)OC(C)C)NC(=O)[C@H](C)NC(=O)[C@H](CC(C)C)N(C)C(=O)[C@H](C(C)C)NC(=O)[C@H](CC(C)C)N(C)C(=O)CN(C)C1=O. The van der Waals surface area contributed by atoms with Crippen LogP contribution in [0.15, 0.2) is 12.2 Å². The van der Waals surface area contributed by atoms with Gasteiger partial charge in [-0.25, -0.2) is 4.79 Å². The number of hydrogen-bond acceptors (Lipinski definition) is 18. The highest BCUT2D eigenvalue weighted by atomic mass is 16.6. The summed E-state index contributed by atoms with van der Waals surface area (Å²) in [6.07, 6.45) is 1.46. The molecule has 1 heterocycles. The lowest BCUT2D eigenvalue weighted by molar-refractivity contribution is -0.164. The molecule has 4 N–H and O–H groups in total. The lowest BCUT2D eigenvalue weighted by Gasteiger charge is -2.42. The van der Waals surface area contributed by atoms with E-state index in [2.05, 4.69) is 21.3 Å². The van der Waals surface area contributed by atoms with Crippen molar-refractivity contribution in [2.24, 2.45) is 41.4 Å². The maximum atomic E-state index is 15.6. The topological polar surface area (TPSA) is 347 Å². The minimum atomic E-state index is -1.73. The van der Waals surface area contributed by atoms with Crippen molar-refractivity contribution in [3.8, 4) is 0 Å². The van der Waals surface area contributed by atoms with Gasteiger partial charge in [-0.15, -0.1) is 0 Å². The molecule has 1 aliphatic heterocycles. The lowest BCUT2D eigenvalue weighted by Crippen LogP contribution is -2.64. The maximum Gasteiger partial charge on any atom is 0.332 e. The van der Waals surface area contributed by atoms with E-state index in [0.29, 0.717) is 0 Å². The Hall–Kier alpha value is -7.72. The third kappa shape index (κ3) is 28.0. The number of rotatable bonds is 23. The van der Waals surface area contributed by atoms with E-state index in [1.807, 2.05) is 55.4 Å². The van der Waals surface area contributed by atoms with Crippen LogP contribution >= 0.6 is 0 Å². The van der Waals surface area contributed by atoms with Gasteiger partial charge in [-0.1, -0.05) is 109 Å². The van der Waals surface area contributed by atoms with Crippen LogP contribution in [0.4, 0.5) is 0 Å². The Morgan fingerprint density at radius 1 is 0.480 bits per heavy atom. The lowest BCUT2D eigenvalue weighted by atomic mass is 9.91. The molecule has 0 aromatic heterocycles. The van der Waals surface area contributed by atoms with E-state index in [-0.39, 0.29) is 68.8 Å². The summed E-state index contributed by atoms with van der Waals surface area (Å²) in [6.45, 7) is 29.5. The predicted octanol–water partition coefficient (Wildman–Crippen LogP) is 3.33. The standard InChI is InChI=1S/C71H123N11O18/c1-27-50-66(91)76(20)36-56(85)77(21)52(32-39(2)3)64(89)75-58(43(10)11)70(95)78(22)53(33-40(4)5)63(88)72-47(17)62(87)74-51(37-97-38-57(86)99-45(14)15)67(92)79(23)54(34-41(6)7)68(93)80(24)55(35-42(8)9)69(94)81(25)59(44(12)13)71(96)82(26)60(65(90)73-50)61(100-49(19)84)46(16)30-28-29-31-98-48(18)83/h28-29,39-47,50-55,58-61H,27,30-38H2,1-26H3,(H,72,88)(H,73,90)(H,74,87)(H,75,89)/b29-28+/t46-,47+,50+,51-,52+,53+,54+,55+,58+,59+,60+,61-/m1/s1. The number of carbonyl (C=O) groups is 14. The number of carbonyl (C=O) groups excluding carboxylic acids is 14. The van der Waals surface area contributed by atoms with Gasteiger partial charge >= 0.3 is 17.9 Å². The van der Waals surface area contributed by atoms with Gasteiger partial charge in [0.1, 0.15) is 79.7 Å². The predicted molar refractivity (Wildman–Crippen MR) is 375 cm³/mol. The third-order valence-corrected chi connectivity index (χ3v) is 17.4. The van der Waals surface area contributed by atoms with Crippen LogP contribution in [0, 0.1) is 41.4 Å². The van der Waals surface area contributed by atoms with E-state index in [4.69, 9.17) is 18.9 Å². The van der Waals surface area contributed by atoms with E-state index in [9.17, 15) is 43.2 Å². The molecule has 0 spiro atoms. The number of amides is 11. The summed E-state index contributed by atoms with van der Waals surface area (Å²) in [5.41, 5.74) is 0. The second kappa shape index (κ2) is 42.5. The van der Waals surface area contributed by atoms with Crippen LogP contribution in [-0.2, 0) is 86.1 Å². The van der Waals surface area contributed by atoms with Crippen molar-refractivity contribution in [1.82, 2.24) is 55.6 Å². The molecule has 0 aromatic carbocycles. The monoisotopic (exact) mass is 1420 g/mol. The molecule has 0 aromatic rings. The van der Waals surface area contributed by atoms with Gasteiger partial charge in [0.05, 0.1) is 19.3 Å². The average Bonchev–Trinajstić information content (AvgIpc) is 0.799. The number of nitrogens with zero attached hydrogens (tertiary/aromatic N) is 7. The average molecular weight is 1420 g/mol. The molecule has 1 rings (SSSR count). The number of ether oxygens (including phenoxy) is 4. The summed E-state index contributed by atoms with van der Waals surface area (Å²) in [5.74, 6) is -13.8. The Labute approximate surface area is 594 Å². The maximum absolute atomic E-state index is 15.6. The Balaban J connectivity index is 4.64. The van der Waals surface area contributed by atoms with Crippen LogP contribution in [-0.4, -0.2) is 266 Å². The summed E-state index contributed by atoms with van der Waals surface area (Å²) >= 11 is 0. The fourth-order valence-electron chi connectivity index (χ4n) is 11.8. The normalized spacial score (nSPS) is 24.5. The molecular weight excluding hydrogens is 1290 g/mol. The zero-order valence-electron chi connectivity index (χ0n) is 64.7. The Morgan fingerprint density at radius 3 is 1.41 bits per heavy atom. The molecule has 100 heavy (non-hydrogen) atoms. The molecule has 12 atom stereocenters. The van der Waals surface area contributed by atoms with Crippen molar-refractivity contribution in [1.29, 1.82) is 0 Å². The largest absolute Gasteiger partial charge is 0.462 e. The highest BCUT2D eigenvalue weighted by Gasteiger charge is 2.47. The van der Waals surface area contributed by atoms with E-state index < -0.39 is 193 Å². The van der Waals surface area contributed by atoms with E-state index >= 15 is 24.0 Å². The van der Waals surface area contributed by atoms with Crippen LogP contribution in [0.25, 0.3) is 0 Å². The van der Waals surface area contributed by atoms with E-state index in [0.717, 1.165) is 21.6 Å². The number of nitrogens with one attached hydrogen (secondary N) is 4. The minimum absolute atomic E-state index is 0.0170. The van der Waals surface area contributed by atoms with Crippen molar-refractivity contribution in [2.45, 2.75) is 243 Å². The molecule has 11 amide bonds. The second-order valence-electron chi connectivity index (χ2n) is 29.3. The van der Waals surface area contributed by atoms with Gasteiger partial charge in [-0.3, -0.25) is 62.3 Å². The van der Waals surface area contributed by atoms with Gasteiger partial charge in [-0.2, -0.15) is 0 Å². The first-order chi connectivity index (χ1) is 46.2. The Kier molecular flexibility index (Phi) is 38.4.